The minimum Gasteiger partial charge on any atom is -0.504 e. The van der Waals surface area contributed by atoms with E-state index in [1.807, 2.05) is 59.6 Å². The summed E-state index contributed by atoms with van der Waals surface area (Å²) in [5, 5.41) is 20.4. The van der Waals surface area contributed by atoms with Gasteiger partial charge in [-0.05, 0) is 48.1 Å². The van der Waals surface area contributed by atoms with Crippen molar-refractivity contribution >= 4 is 28.7 Å². The molecule has 6 heteroatoms. The molecule has 1 unspecified atom stereocenters. The fourth-order valence-corrected chi connectivity index (χ4v) is 3.65. The molecule has 146 valence electrons. The van der Waals surface area contributed by atoms with Gasteiger partial charge in [0.1, 0.15) is 0 Å². The van der Waals surface area contributed by atoms with Crippen molar-refractivity contribution in [3.8, 4) is 11.5 Å². The van der Waals surface area contributed by atoms with E-state index < -0.39 is 0 Å². The fourth-order valence-electron chi connectivity index (χ4n) is 3.37. The fraction of sp³-hybridized carbons (Fsp3) is 0.130. The number of hydrazone groups is 1. The summed E-state index contributed by atoms with van der Waals surface area (Å²) in [7, 11) is 1.53. The maximum atomic E-state index is 9.91. The molecule has 1 aliphatic heterocycles. The van der Waals surface area contributed by atoms with Crippen LogP contribution in [0.5, 0.6) is 11.5 Å². The number of nitrogens with zero attached hydrogens (tertiary/aromatic N) is 2. The van der Waals surface area contributed by atoms with Crippen LogP contribution in [0.15, 0.2) is 84.0 Å². The number of para-hydroxylation sites is 1. The van der Waals surface area contributed by atoms with Gasteiger partial charge < -0.3 is 15.2 Å². The van der Waals surface area contributed by atoms with Gasteiger partial charge in [0.2, 0.25) is 0 Å². The van der Waals surface area contributed by atoms with Crippen LogP contribution in [0.4, 0.5) is 5.69 Å². The minimum atomic E-state index is -0.0188. The highest BCUT2D eigenvalue weighted by Crippen LogP contribution is 2.35. The number of phenols is 1. The summed E-state index contributed by atoms with van der Waals surface area (Å²) in [6.07, 6.45) is 0.689. The molecule has 0 aromatic heterocycles. The molecular formula is C23H21N3O2S. The molecule has 1 atom stereocenters. The van der Waals surface area contributed by atoms with Crippen molar-refractivity contribution in [2.75, 3.05) is 12.4 Å². The summed E-state index contributed by atoms with van der Waals surface area (Å²) in [6, 6.07) is 25.3. The quantitative estimate of drug-likeness (QED) is 0.604. The lowest BCUT2D eigenvalue weighted by Crippen LogP contribution is -2.31. The molecule has 29 heavy (non-hydrogen) atoms. The predicted octanol–water partition coefficient (Wildman–Crippen LogP) is 4.95. The van der Waals surface area contributed by atoms with E-state index in [2.05, 4.69) is 17.4 Å². The van der Waals surface area contributed by atoms with E-state index in [0.717, 1.165) is 22.5 Å². The Bertz CT molecular complexity index is 1040. The van der Waals surface area contributed by atoms with Crippen LogP contribution in [-0.4, -0.2) is 28.0 Å². The molecule has 4 rings (SSSR count). The summed E-state index contributed by atoms with van der Waals surface area (Å²) in [4.78, 5) is 0. The molecule has 3 aromatic rings. The van der Waals surface area contributed by atoms with Crippen LogP contribution < -0.4 is 10.1 Å². The van der Waals surface area contributed by atoms with E-state index in [1.165, 1.54) is 7.11 Å². The van der Waals surface area contributed by atoms with Gasteiger partial charge in [0.05, 0.1) is 18.9 Å². The lowest BCUT2D eigenvalue weighted by atomic mass is 9.98. The van der Waals surface area contributed by atoms with Crippen molar-refractivity contribution in [3.63, 3.8) is 0 Å². The van der Waals surface area contributed by atoms with E-state index in [4.69, 9.17) is 22.1 Å². The van der Waals surface area contributed by atoms with Crippen LogP contribution >= 0.6 is 12.2 Å². The number of aromatic hydroxyl groups is 1. The molecule has 5 nitrogen and oxygen atoms in total. The second kappa shape index (κ2) is 8.32. The summed E-state index contributed by atoms with van der Waals surface area (Å²) < 4.78 is 5.25. The monoisotopic (exact) mass is 403 g/mol. The van der Waals surface area contributed by atoms with E-state index in [9.17, 15) is 5.11 Å². The first kappa shape index (κ1) is 19.0. The number of thiocarbonyl (C=S) groups is 1. The van der Waals surface area contributed by atoms with Crippen molar-refractivity contribution < 1.29 is 9.84 Å². The standard InChI is InChI=1S/C23H21N3O2S/c1-28-22-14-17(12-13-21(22)27)19-15-20(16-8-4-2-5-9-16)26(25-19)23(29)24-18-10-6-3-7-11-18/h2-14,20,27H,15H2,1H3,(H,24,29). The lowest BCUT2D eigenvalue weighted by molar-refractivity contribution is 0.373. The van der Waals surface area contributed by atoms with E-state index in [1.54, 1.807) is 12.1 Å². The molecule has 0 fully saturated rings. The van der Waals surface area contributed by atoms with Crippen LogP contribution in [0.25, 0.3) is 0 Å². The van der Waals surface area contributed by atoms with Gasteiger partial charge in [-0.1, -0.05) is 48.5 Å². The third-order valence-electron chi connectivity index (χ3n) is 4.84. The number of ether oxygens (including phenoxy) is 1. The normalized spacial score (nSPS) is 15.7. The molecule has 0 aliphatic carbocycles. The van der Waals surface area contributed by atoms with Crippen molar-refractivity contribution in [1.29, 1.82) is 0 Å². The second-order valence-corrected chi connectivity index (χ2v) is 7.09. The molecule has 0 saturated heterocycles. The van der Waals surface area contributed by atoms with Gasteiger partial charge in [0, 0.05) is 17.7 Å². The Morgan fingerprint density at radius 3 is 2.45 bits per heavy atom. The minimum absolute atomic E-state index is 0.0188. The summed E-state index contributed by atoms with van der Waals surface area (Å²) in [5.74, 6) is 0.525. The zero-order valence-corrected chi connectivity index (χ0v) is 16.8. The lowest BCUT2D eigenvalue weighted by Gasteiger charge is -2.24. The topological polar surface area (TPSA) is 57.1 Å². The number of rotatable bonds is 4. The van der Waals surface area contributed by atoms with Crippen molar-refractivity contribution in [2.45, 2.75) is 12.5 Å². The van der Waals surface area contributed by atoms with E-state index in [-0.39, 0.29) is 11.8 Å². The number of phenolic OH excluding ortho intramolecular Hbond substituents is 1. The van der Waals surface area contributed by atoms with Crippen LogP contribution in [0.1, 0.15) is 23.6 Å². The third-order valence-corrected chi connectivity index (χ3v) is 5.13. The Labute approximate surface area is 175 Å². The van der Waals surface area contributed by atoms with Crippen molar-refractivity contribution in [3.05, 3.63) is 90.0 Å². The first-order valence-electron chi connectivity index (χ1n) is 9.31. The molecule has 3 aromatic carbocycles. The summed E-state index contributed by atoms with van der Waals surface area (Å²) >= 11 is 5.69. The van der Waals surface area contributed by atoms with Crippen LogP contribution in [0.3, 0.4) is 0 Å². The Morgan fingerprint density at radius 1 is 1.07 bits per heavy atom. The first-order valence-corrected chi connectivity index (χ1v) is 9.71. The number of hydrogen-bond acceptors (Lipinski definition) is 4. The molecule has 0 radical (unpaired) electrons. The Balaban J connectivity index is 1.67. The first-order chi connectivity index (χ1) is 14.2. The Hall–Kier alpha value is -3.38. The average Bonchev–Trinajstić information content (AvgIpc) is 3.21. The van der Waals surface area contributed by atoms with Gasteiger partial charge in [-0.3, -0.25) is 0 Å². The Kier molecular flexibility index (Phi) is 5.44. The Morgan fingerprint density at radius 2 is 1.76 bits per heavy atom. The number of anilines is 1. The summed E-state index contributed by atoms with van der Waals surface area (Å²) in [5.41, 5.74) is 3.83. The van der Waals surface area contributed by atoms with Gasteiger partial charge in [0.25, 0.3) is 0 Å². The molecule has 0 saturated carbocycles. The molecule has 1 heterocycles. The van der Waals surface area contributed by atoms with Gasteiger partial charge in [0.15, 0.2) is 16.6 Å². The van der Waals surface area contributed by atoms with E-state index in [0.29, 0.717) is 17.3 Å². The average molecular weight is 404 g/mol. The largest absolute Gasteiger partial charge is 0.504 e. The van der Waals surface area contributed by atoms with Crippen molar-refractivity contribution in [2.24, 2.45) is 5.10 Å². The maximum Gasteiger partial charge on any atom is 0.194 e. The number of hydrogen-bond donors (Lipinski definition) is 2. The van der Waals surface area contributed by atoms with Crippen LogP contribution in [-0.2, 0) is 0 Å². The molecule has 0 spiro atoms. The van der Waals surface area contributed by atoms with Gasteiger partial charge >= 0.3 is 0 Å². The predicted molar refractivity (Wildman–Crippen MR) is 119 cm³/mol. The van der Waals surface area contributed by atoms with Crippen LogP contribution in [0.2, 0.25) is 0 Å². The highest BCUT2D eigenvalue weighted by Gasteiger charge is 2.31. The van der Waals surface area contributed by atoms with Crippen molar-refractivity contribution in [1.82, 2.24) is 5.01 Å². The highest BCUT2D eigenvalue weighted by molar-refractivity contribution is 7.80. The smallest absolute Gasteiger partial charge is 0.194 e. The third kappa shape index (κ3) is 4.07. The maximum absolute atomic E-state index is 9.91. The molecule has 1 aliphatic rings. The van der Waals surface area contributed by atoms with Gasteiger partial charge in [-0.25, -0.2) is 5.01 Å². The van der Waals surface area contributed by atoms with Gasteiger partial charge in [-0.15, -0.1) is 0 Å². The highest BCUT2D eigenvalue weighted by atomic mass is 32.1. The molecular weight excluding hydrogens is 382 g/mol. The zero-order valence-electron chi connectivity index (χ0n) is 15.9. The molecule has 2 N–H and O–H groups in total. The zero-order chi connectivity index (χ0) is 20.2. The summed E-state index contributed by atoms with van der Waals surface area (Å²) in [6.45, 7) is 0. The second-order valence-electron chi connectivity index (χ2n) is 6.70. The number of nitrogens with one attached hydrogen (secondary N) is 1. The van der Waals surface area contributed by atoms with E-state index >= 15 is 0 Å². The molecule has 0 bridgehead atoms. The van der Waals surface area contributed by atoms with Gasteiger partial charge in [-0.2, -0.15) is 5.10 Å². The SMILES string of the molecule is COc1cc(C2=NN(C(=S)Nc3ccccc3)C(c3ccccc3)C2)ccc1O. The van der Waals surface area contributed by atoms with Crippen LogP contribution in [0, 0.1) is 0 Å². The molecule has 0 amide bonds. The number of benzene rings is 3. The number of methoxy groups -OCH3 is 1.